The number of urea groups is 1. The highest BCUT2D eigenvalue weighted by atomic mass is 19.1. The van der Waals surface area contributed by atoms with E-state index in [0.29, 0.717) is 19.1 Å². The standard InChI is InChI=1S/C20H28FN5O/c1-15(26-10-4-3-5-11-26)12-22-20(27)25(2)14-17-13-23-24-19(17)16-6-8-18(21)9-7-16/h6-9,13,15H,3-5,10-12,14H2,1-2H3,(H,22,27)(H,23,24)/t15-/m1/s1. The minimum atomic E-state index is -0.279. The third-order valence-corrected chi connectivity index (χ3v) is 5.17. The summed E-state index contributed by atoms with van der Waals surface area (Å²) in [5.74, 6) is -0.279. The van der Waals surface area contributed by atoms with E-state index in [2.05, 4.69) is 27.3 Å². The zero-order valence-corrected chi connectivity index (χ0v) is 16.0. The molecule has 0 saturated carbocycles. The quantitative estimate of drug-likeness (QED) is 0.817. The number of rotatable bonds is 6. The number of hydrogen-bond acceptors (Lipinski definition) is 3. The van der Waals surface area contributed by atoms with Gasteiger partial charge in [0.05, 0.1) is 18.4 Å². The van der Waals surface area contributed by atoms with Crippen LogP contribution in [-0.4, -0.2) is 58.8 Å². The Morgan fingerprint density at radius 1 is 1.30 bits per heavy atom. The number of carbonyl (C=O) groups excluding carboxylic acids is 1. The Morgan fingerprint density at radius 2 is 2.00 bits per heavy atom. The van der Waals surface area contributed by atoms with E-state index in [1.807, 2.05) is 0 Å². The van der Waals surface area contributed by atoms with Crippen LogP contribution in [-0.2, 0) is 6.54 Å². The Balaban J connectivity index is 1.54. The van der Waals surface area contributed by atoms with Gasteiger partial charge in [0.2, 0.25) is 0 Å². The van der Waals surface area contributed by atoms with Gasteiger partial charge in [-0.05, 0) is 57.1 Å². The van der Waals surface area contributed by atoms with E-state index < -0.39 is 0 Å². The van der Waals surface area contributed by atoms with Gasteiger partial charge in [-0.25, -0.2) is 9.18 Å². The fourth-order valence-electron chi connectivity index (χ4n) is 3.48. The van der Waals surface area contributed by atoms with Crippen molar-refractivity contribution in [2.24, 2.45) is 0 Å². The minimum Gasteiger partial charge on any atom is -0.336 e. The van der Waals surface area contributed by atoms with Crippen LogP contribution in [0.2, 0.25) is 0 Å². The lowest BCUT2D eigenvalue weighted by molar-refractivity contribution is 0.165. The lowest BCUT2D eigenvalue weighted by Crippen LogP contribution is -2.47. The number of halogens is 1. The molecule has 1 atom stereocenters. The van der Waals surface area contributed by atoms with Gasteiger partial charge in [-0.2, -0.15) is 5.10 Å². The number of hydrogen-bond donors (Lipinski definition) is 2. The van der Waals surface area contributed by atoms with E-state index in [1.165, 1.54) is 31.4 Å². The van der Waals surface area contributed by atoms with Gasteiger partial charge in [0.1, 0.15) is 5.82 Å². The van der Waals surface area contributed by atoms with Gasteiger partial charge in [-0.1, -0.05) is 6.42 Å². The average molecular weight is 373 g/mol. The van der Waals surface area contributed by atoms with Crippen LogP contribution in [0.4, 0.5) is 9.18 Å². The first-order chi connectivity index (χ1) is 13.0. The molecule has 3 rings (SSSR count). The first kappa shape index (κ1) is 19.4. The van der Waals surface area contributed by atoms with Crippen molar-refractivity contribution in [3.8, 4) is 11.3 Å². The van der Waals surface area contributed by atoms with Gasteiger partial charge in [-0.3, -0.25) is 10.00 Å². The SMILES string of the molecule is C[C@H](CNC(=O)N(C)Cc1cn[nH]c1-c1ccc(F)cc1)N1CCCCC1. The minimum absolute atomic E-state index is 0.106. The van der Waals surface area contributed by atoms with Crippen LogP contribution in [0.3, 0.4) is 0 Å². The molecule has 7 heteroatoms. The van der Waals surface area contributed by atoms with E-state index in [9.17, 15) is 9.18 Å². The third kappa shape index (κ3) is 5.07. The molecule has 146 valence electrons. The van der Waals surface area contributed by atoms with Crippen LogP contribution >= 0.6 is 0 Å². The van der Waals surface area contributed by atoms with Crippen molar-refractivity contribution in [1.82, 2.24) is 25.3 Å². The van der Waals surface area contributed by atoms with E-state index >= 15 is 0 Å². The maximum Gasteiger partial charge on any atom is 0.317 e. The molecule has 1 saturated heterocycles. The van der Waals surface area contributed by atoms with E-state index in [-0.39, 0.29) is 11.8 Å². The molecule has 1 aliphatic rings. The van der Waals surface area contributed by atoms with Crippen molar-refractivity contribution < 1.29 is 9.18 Å². The molecule has 6 nitrogen and oxygen atoms in total. The summed E-state index contributed by atoms with van der Waals surface area (Å²) >= 11 is 0. The molecule has 2 aromatic rings. The second-order valence-electron chi connectivity index (χ2n) is 7.26. The molecule has 1 aliphatic heterocycles. The first-order valence-corrected chi connectivity index (χ1v) is 9.56. The molecule has 0 unspecified atom stereocenters. The number of likely N-dealkylation sites (tertiary alicyclic amines) is 1. The Hall–Kier alpha value is -2.41. The lowest BCUT2D eigenvalue weighted by Gasteiger charge is -2.32. The monoisotopic (exact) mass is 373 g/mol. The molecule has 0 bridgehead atoms. The normalized spacial score (nSPS) is 16.1. The highest BCUT2D eigenvalue weighted by Crippen LogP contribution is 2.22. The van der Waals surface area contributed by atoms with E-state index in [0.717, 1.165) is 29.9 Å². The van der Waals surface area contributed by atoms with Crippen LogP contribution in [0.15, 0.2) is 30.5 Å². The number of aromatic nitrogens is 2. The number of nitrogens with zero attached hydrogens (tertiary/aromatic N) is 3. The number of benzene rings is 1. The summed E-state index contributed by atoms with van der Waals surface area (Å²) in [6, 6.07) is 6.47. The third-order valence-electron chi connectivity index (χ3n) is 5.17. The Labute approximate surface area is 159 Å². The molecule has 1 aromatic heterocycles. The number of piperidine rings is 1. The molecule has 2 amide bonds. The number of carbonyl (C=O) groups is 1. The molecule has 1 fully saturated rings. The van der Waals surface area contributed by atoms with Gasteiger partial charge < -0.3 is 10.2 Å². The number of amides is 2. The fraction of sp³-hybridized carbons (Fsp3) is 0.500. The summed E-state index contributed by atoms with van der Waals surface area (Å²) < 4.78 is 13.1. The van der Waals surface area contributed by atoms with Crippen LogP contribution < -0.4 is 5.32 Å². The summed E-state index contributed by atoms with van der Waals surface area (Å²) in [5, 5.41) is 10.1. The number of H-pyrrole nitrogens is 1. The second kappa shape index (κ2) is 8.99. The summed E-state index contributed by atoms with van der Waals surface area (Å²) in [6.07, 6.45) is 5.49. The van der Waals surface area contributed by atoms with E-state index in [1.54, 1.807) is 30.3 Å². The predicted octanol–water partition coefficient (Wildman–Crippen LogP) is 3.23. The Kier molecular flexibility index (Phi) is 6.45. The summed E-state index contributed by atoms with van der Waals surface area (Å²) in [7, 11) is 1.77. The molecule has 27 heavy (non-hydrogen) atoms. The predicted molar refractivity (Wildman–Crippen MR) is 104 cm³/mol. The van der Waals surface area contributed by atoms with Gasteiger partial charge in [0.15, 0.2) is 0 Å². The van der Waals surface area contributed by atoms with Crippen molar-refractivity contribution in [3.63, 3.8) is 0 Å². The highest BCUT2D eigenvalue weighted by molar-refractivity contribution is 5.74. The largest absolute Gasteiger partial charge is 0.336 e. The zero-order valence-electron chi connectivity index (χ0n) is 16.0. The Bertz CT molecular complexity index is 739. The molecule has 1 aromatic carbocycles. The summed E-state index contributed by atoms with van der Waals surface area (Å²) in [6.45, 7) is 5.45. The average Bonchev–Trinajstić information content (AvgIpc) is 3.15. The fourth-order valence-corrected chi connectivity index (χ4v) is 3.48. The van der Waals surface area contributed by atoms with Gasteiger partial charge in [0.25, 0.3) is 0 Å². The second-order valence-corrected chi connectivity index (χ2v) is 7.26. The highest BCUT2D eigenvalue weighted by Gasteiger charge is 2.19. The topological polar surface area (TPSA) is 64.3 Å². The van der Waals surface area contributed by atoms with Crippen LogP contribution in [0, 0.1) is 5.82 Å². The molecule has 2 heterocycles. The van der Waals surface area contributed by atoms with Crippen LogP contribution in [0.25, 0.3) is 11.3 Å². The molecular formula is C20H28FN5O. The van der Waals surface area contributed by atoms with Crippen molar-refractivity contribution in [1.29, 1.82) is 0 Å². The van der Waals surface area contributed by atoms with Crippen molar-refractivity contribution >= 4 is 6.03 Å². The van der Waals surface area contributed by atoms with Crippen molar-refractivity contribution in [2.45, 2.75) is 38.8 Å². The van der Waals surface area contributed by atoms with Gasteiger partial charge in [0, 0.05) is 30.8 Å². The molecule has 2 N–H and O–H groups in total. The van der Waals surface area contributed by atoms with Crippen LogP contribution in [0.1, 0.15) is 31.7 Å². The molecular weight excluding hydrogens is 345 g/mol. The molecule has 0 radical (unpaired) electrons. The summed E-state index contributed by atoms with van der Waals surface area (Å²) in [5.41, 5.74) is 2.54. The molecule has 0 aliphatic carbocycles. The zero-order chi connectivity index (χ0) is 19.2. The molecule has 0 spiro atoms. The smallest absolute Gasteiger partial charge is 0.317 e. The van der Waals surface area contributed by atoms with Gasteiger partial charge >= 0.3 is 6.03 Å². The number of nitrogens with one attached hydrogen (secondary N) is 2. The van der Waals surface area contributed by atoms with Crippen molar-refractivity contribution in [3.05, 3.63) is 41.8 Å². The van der Waals surface area contributed by atoms with Gasteiger partial charge in [-0.15, -0.1) is 0 Å². The Morgan fingerprint density at radius 3 is 2.70 bits per heavy atom. The van der Waals surface area contributed by atoms with Crippen LogP contribution in [0.5, 0.6) is 0 Å². The van der Waals surface area contributed by atoms with Crippen molar-refractivity contribution in [2.75, 3.05) is 26.7 Å². The maximum absolute atomic E-state index is 13.1. The maximum atomic E-state index is 13.1. The number of aromatic amines is 1. The van der Waals surface area contributed by atoms with E-state index in [4.69, 9.17) is 0 Å². The first-order valence-electron chi connectivity index (χ1n) is 9.56. The lowest BCUT2D eigenvalue weighted by atomic mass is 10.1. The summed E-state index contributed by atoms with van der Waals surface area (Å²) in [4.78, 5) is 16.5.